The average molecular weight is 260 g/mol. The van der Waals surface area contributed by atoms with E-state index in [0.29, 0.717) is 19.8 Å². The van der Waals surface area contributed by atoms with E-state index >= 15 is 0 Å². The zero-order chi connectivity index (χ0) is 14.0. The largest absolute Gasteiger partial charge is 0.486 e. The summed E-state index contributed by atoms with van der Waals surface area (Å²) in [5, 5.41) is 9.13. The molecule has 1 heterocycles. The Hall–Kier alpha value is -1.89. The minimum absolute atomic E-state index is 0.381. The minimum Gasteiger partial charge on any atom is -0.486 e. The Morgan fingerprint density at radius 1 is 1.26 bits per heavy atom. The third-order valence-electron chi connectivity index (χ3n) is 3.21. The van der Waals surface area contributed by atoms with Crippen LogP contribution in [0.2, 0.25) is 0 Å². The van der Waals surface area contributed by atoms with Crippen LogP contribution in [0.3, 0.4) is 0 Å². The zero-order valence-electron chi connectivity index (χ0n) is 12.0. The summed E-state index contributed by atoms with van der Waals surface area (Å²) in [4.78, 5) is 2.09. The van der Waals surface area contributed by atoms with Gasteiger partial charge in [-0.1, -0.05) is 0 Å². The van der Waals surface area contributed by atoms with E-state index in [-0.39, 0.29) is 5.41 Å². The molecule has 1 aliphatic rings. The Labute approximate surface area is 114 Å². The smallest absolute Gasteiger partial charge is 0.163 e. The van der Waals surface area contributed by atoms with Crippen molar-refractivity contribution >= 4 is 5.69 Å². The lowest BCUT2D eigenvalue weighted by Gasteiger charge is -2.29. The van der Waals surface area contributed by atoms with Crippen molar-refractivity contribution in [2.24, 2.45) is 5.41 Å². The maximum Gasteiger partial charge on any atom is 0.163 e. The first-order valence-corrected chi connectivity index (χ1v) is 6.45. The van der Waals surface area contributed by atoms with Gasteiger partial charge in [0.05, 0.1) is 11.5 Å². The van der Waals surface area contributed by atoms with Gasteiger partial charge in [0.2, 0.25) is 0 Å². The first-order valence-electron chi connectivity index (χ1n) is 6.45. The number of nitriles is 1. The molecule has 1 aliphatic heterocycles. The molecule has 4 nitrogen and oxygen atoms in total. The van der Waals surface area contributed by atoms with Gasteiger partial charge in [-0.05, 0) is 32.4 Å². The fourth-order valence-electron chi connectivity index (χ4n) is 2.30. The van der Waals surface area contributed by atoms with Crippen LogP contribution >= 0.6 is 0 Å². The summed E-state index contributed by atoms with van der Waals surface area (Å²) in [5.74, 6) is 1.59. The van der Waals surface area contributed by atoms with Crippen LogP contribution in [0.25, 0.3) is 0 Å². The highest BCUT2D eigenvalue weighted by molar-refractivity contribution is 5.61. The van der Waals surface area contributed by atoms with Gasteiger partial charge in [-0.3, -0.25) is 0 Å². The number of benzene rings is 1. The quantitative estimate of drug-likeness (QED) is 0.838. The van der Waals surface area contributed by atoms with Crippen molar-refractivity contribution in [3.8, 4) is 17.6 Å². The van der Waals surface area contributed by atoms with Gasteiger partial charge < -0.3 is 14.4 Å². The first kappa shape index (κ1) is 13.5. The van der Waals surface area contributed by atoms with Crippen LogP contribution in [0.4, 0.5) is 5.69 Å². The Morgan fingerprint density at radius 3 is 2.42 bits per heavy atom. The second-order valence-corrected chi connectivity index (χ2v) is 5.63. The van der Waals surface area contributed by atoms with E-state index in [1.54, 1.807) is 0 Å². The second-order valence-electron chi connectivity index (χ2n) is 5.63. The van der Waals surface area contributed by atoms with Crippen LogP contribution < -0.4 is 14.4 Å². The number of nitrogens with zero attached hydrogens (tertiary/aromatic N) is 2. The lowest BCUT2D eigenvalue weighted by atomic mass is 9.95. The van der Waals surface area contributed by atoms with E-state index in [2.05, 4.69) is 11.0 Å². The molecule has 0 N–H and O–H groups in total. The van der Waals surface area contributed by atoms with Crippen molar-refractivity contribution in [3.63, 3.8) is 0 Å². The fraction of sp³-hybridized carbons (Fsp3) is 0.533. The van der Waals surface area contributed by atoms with E-state index in [9.17, 15) is 0 Å². The van der Waals surface area contributed by atoms with Crippen LogP contribution in [0.15, 0.2) is 12.1 Å². The first-order chi connectivity index (χ1) is 8.93. The molecule has 4 heteroatoms. The summed E-state index contributed by atoms with van der Waals surface area (Å²) in [5.41, 5.74) is 1.82. The number of rotatable bonds is 3. The predicted octanol–water partition coefficient (Wildman–Crippen LogP) is 2.75. The van der Waals surface area contributed by atoms with Crippen LogP contribution in [-0.4, -0.2) is 26.8 Å². The molecule has 0 bridgehead atoms. The van der Waals surface area contributed by atoms with E-state index in [1.807, 2.05) is 40.0 Å². The Kier molecular flexibility index (Phi) is 3.57. The summed E-state index contributed by atoms with van der Waals surface area (Å²) in [6.07, 6.45) is 0. The van der Waals surface area contributed by atoms with E-state index in [4.69, 9.17) is 14.7 Å². The van der Waals surface area contributed by atoms with Crippen molar-refractivity contribution in [3.05, 3.63) is 17.7 Å². The van der Waals surface area contributed by atoms with Gasteiger partial charge in [-0.25, -0.2) is 0 Å². The SMILES string of the molecule is Cc1cc2c(cc1N(C)CC(C)(C)C#N)OCCO2. The molecule has 0 radical (unpaired) electrons. The Bertz CT molecular complexity index is 518. The fourth-order valence-corrected chi connectivity index (χ4v) is 2.30. The van der Waals surface area contributed by atoms with E-state index in [1.165, 1.54) is 0 Å². The molecular weight excluding hydrogens is 240 g/mol. The zero-order valence-corrected chi connectivity index (χ0v) is 12.0. The number of hydrogen-bond donors (Lipinski definition) is 0. The standard InChI is InChI=1S/C15H20N2O2/c1-11-7-13-14(19-6-5-18-13)8-12(11)17(4)10-15(2,3)9-16/h7-8H,5-6,10H2,1-4H3. The summed E-state index contributed by atoms with van der Waals surface area (Å²) in [6, 6.07) is 6.32. The molecular formula is C15H20N2O2. The highest BCUT2D eigenvalue weighted by atomic mass is 16.6. The van der Waals surface area contributed by atoms with Gasteiger partial charge >= 0.3 is 0 Å². The minimum atomic E-state index is -0.381. The van der Waals surface area contributed by atoms with Gasteiger partial charge in [0.15, 0.2) is 11.5 Å². The summed E-state index contributed by atoms with van der Waals surface area (Å²) < 4.78 is 11.2. The highest BCUT2D eigenvalue weighted by Crippen LogP contribution is 2.37. The van der Waals surface area contributed by atoms with Gasteiger partial charge in [0, 0.05) is 25.3 Å². The lowest BCUT2D eigenvalue weighted by molar-refractivity contribution is 0.171. The van der Waals surface area contributed by atoms with Gasteiger partial charge in [-0.15, -0.1) is 0 Å². The molecule has 0 saturated carbocycles. The van der Waals surface area contributed by atoms with Crippen molar-refractivity contribution in [1.82, 2.24) is 0 Å². The number of aryl methyl sites for hydroxylation is 1. The van der Waals surface area contributed by atoms with Crippen LogP contribution in [-0.2, 0) is 0 Å². The van der Waals surface area contributed by atoms with Crippen LogP contribution in [0.1, 0.15) is 19.4 Å². The molecule has 2 rings (SSSR count). The maximum absolute atomic E-state index is 9.13. The van der Waals surface area contributed by atoms with Crippen LogP contribution in [0, 0.1) is 23.7 Å². The Balaban J connectivity index is 2.27. The molecule has 0 amide bonds. The molecule has 0 aliphatic carbocycles. The van der Waals surface area contributed by atoms with Gasteiger partial charge in [0.1, 0.15) is 13.2 Å². The van der Waals surface area contributed by atoms with Gasteiger partial charge in [-0.2, -0.15) is 5.26 Å². The maximum atomic E-state index is 9.13. The molecule has 102 valence electrons. The number of anilines is 1. The highest BCUT2D eigenvalue weighted by Gasteiger charge is 2.22. The molecule has 0 fully saturated rings. The lowest BCUT2D eigenvalue weighted by Crippen LogP contribution is -2.30. The molecule has 0 saturated heterocycles. The van der Waals surface area contributed by atoms with Crippen molar-refractivity contribution < 1.29 is 9.47 Å². The number of fused-ring (bicyclic) bond motifs is 1. The summed E-state index contributed by atoms with van der Waals surface area (Å²) >= 11 is 0. The number of hydrogen-bond acceptors (Lipinski definition) is 4. The van der Waals surface area contributed by atoms with E-state index < -0.39 is 0 Å². The van der Waals surface area contributed by atoms with Crippen LogP contribution in [0.5, 0.6) is 11.5 Å². The third-order valence-corrected chi connectivity index (χ3v) is 3.21. The summed E-state index contributed by atoms with van der Waals surface area (Å²) in [6.45, 7) is 7.78. The summed E-state index contributed by atoms with van der Waals surface area (Å²) in [7, 11) is 2.00. The molecule has 0 spiro atoms. The topological polar surface area (TPSA) is 45.5 Å². The second kappa shape index (κ2) is 5.00. The monoisotopic (exact) mass is 260 g/mol. The molecule has 1 aromatic carbocycles. The molecule has 0 unspecified atom stereocenters. The van der Waals surface area contributed by atoms with Crippen molar-refractivity contribution in [2.75, 3.05) is 31.7 Å². The number of ether oxygens (including phenoxy) is 2. The molecule has 1 aromatic rings. The van der Waals surface area contributed by atoms with Crippen molar-refractivity contribution in [2.45, 2.75) is 20.8 Å². The predicted molar refractivity (Wildman–Crippen MR) is 74.8 cm³/mol. The third kappa shape index (κ3) is 2.93. The molecule has 0 atom stereocenters. The van der Waals surface area contributed by atoms with E-state index in [0.717, 1.165) is 22.7 Å². The van der Waals surface area contributed by atoms with Gasteiger partial charge in [0.25, 0.3) is 0 Å². The van der Waals surface area contributed by atoms with Crippen molar-refractivity contribution in [1.29, 1.82) is 5.26 Å². The Morgan fingerprint density at radius 2 is 1.84 bits per heavy atom. The normalized spacial score (nSPS) is 13.8. The molecule has 19 heavy (non-hydrogen) atoms. The average Bonchev–Trinajstić information content (AvgIpc) is 2.37. The molecule has 0 aromatic heterocycles.